The molecule has 0 amide bonds. The van der Waals surface area contributed by atoms with Crippen LogP contribution in [0.5, 0.6) is 0 Å². The normalized spacial score (nSPS) is 47.0. The summed E-state index contributed by atoms with van der Waals surface area (Å²) >= 11 is 0. The zero-order chi connectivity index (χ0) is 40.9. The van der Waals surface area contributed by atoms with Gasteiger partial charge in [-0.15, -0.1) is 0 Å². The minimum atomic E-state index is -1.68. The van der Waals surface area contributed by atoms with Crippen LogP contribution in [0, 0.1) is 29.6 Å². The monoisotopic (exact) mass is 825 g/mol. The number of hydrogen-bond acceptors (Lipinski definition) is 9. The van der Waals surface area contributed by atoms with Crippen LogP contribution in [0.2, 0.25) is 18.1 Å². The van der Waals surface area contributed by atoms with Crippen LogP contribution in [0.3, 0.4) is 0 Å². The lowest BCUT2D eigenvalue weighted by molar-refractivity contribution is -0.263. The minimum absolute atomic E-state index is 0.00161. The van der Waals surface area contributed by atoms with Crippen LogP contribution in [0.25, 0.3) is 0 Å². The standard InChI is InChI=1S/C48H76O9Si/c1-10-58(11-2,12-3)50-27-28(4)21-40-32(8)37-24-34(49)15-13-14-16-39-33(9)44-46-47(54-39)45-43(55-46)26-48(56-44,57-45)20-19-36-23-30(6)38(51-36)18-17-35-22-29(5)31(7)41(52-35)25-42(37)53-40/h13,15,28-29,32-33,35-47H,6-7,10-12,14,16-27H2,1-5,8-9H3/b15-13+/t28-,29+,32+,33?,35?,36?,37+,38-,39-,40+,41+,42?,43+,44-,45-,46-,47-,48+/m0/s1. The van der Waals surface area contributed by atoms with Crippen molar-refractivity contribution in [2.75, 3.05) is 6.61 Å². The van der Waals surface area contributed by atoms with E-state index in [0.29, 0.717) is 18.3 Å². The molecule has 8 saturated heterocycles. The fourth-order valence-corrected chi connectivity index (χ4v) is 15.0. The molecule has 0 saturated carbocycles. The summed E-state index contributed by atoms with van der Waals surface area (Å²) in [5, 5.41) is 0. The van der Waals surface area contributed by atoms with Gasteiger partial charge in [-0.2, -0.15) is 0 Å². The molecule has 10 heteroatoms. The lowest BCUT2D eigenvalue weighted by Crippen LogP contribution is -2.54. The molecule has 4 unspecified atom stereocenters. The highest BCUT2D eigenvalue weighted by molar-refractivity contribution is 6.73. The number of rotatable bonds is 8. The number of hydrogen-bond donors (Lipinski definition) is 0. The van der Waals surface area contributed by atoms with Gasteiger partial charge in [-0.05, 0) is 110 Å². The number of ketones is 1. The second-order valence-corrected chi connectivity index (χ2v) is 24.9. The van der Waals surface area contributed by atoms with Gasteiger partial charge in [0.05, 0.1) is 54.9 Å². The Morgan fingerprint density at radius 1 is 0.793 bits per heavy atom. The fraction of sp³-hybridized carbons (Fsp3) is 0.854. The molecule has 0 N–H and O–H groups in total. The van der Waals surface area contributed by atoms with Crippen molar-refractivity contribution in [2.45, 2.75) is 223 Å². The van der Waals surface area contributed by atoms with E-state index in [2.05, 4.69) is 67.7 Å². The topological polar surface area (TPSA) is 90.9 Å². The van der Waals surface area contributed by atoms with Crippen molar-refractivity contribution in [3.8, 4) is 0 Å². The molecule has 0 aromatic heterocycles. The van der Waals surface area contributed by atoms with Gasteiger partial charge in [0.1, 0.15) is 18.3 Å². The maximum absolute atomic E-state index is 13.8. The van der Waals surface area contributed by atoms with Gasteiger partial charge in [-0.25, -0.2) is 0 Å². The first-order valence-corrected chi connectivity index (χ1v) is 26.2. The Morgan fingerprint density at radius 3 is 2.29 bits per heavy atom. The Morgan fingerprint density at radius 2 is 1.52 bits per heavy atom. The molecular formula is C48H76O9Si. The molecule has 9 nitrogen and oxygen atoms in total. The first-order chi connectivity index (χ1) is 27.8. The molecule has 0 aliphatic carbocycles. The molecule has 0 radical (unpaired) electrons. The van der Waals surface area contributed by atoms with Crippen LogP contribution < -0.4 is 0 Å². The van der Waals surface area contributed by atoms with E-state index in [-0.39, 0.29) is 96.8 Å². The molecule has 8 fully saturated rings. The molecule has 9 heterocycles. The number of ether oxygens (including phenoxy) is 7. The Kier molecular flexibility index (Phi) is 13.4. The summed E-state index contributed by atoms with van der Waals surface area (Å²) in [4.78, 5) is 13.8. The van der Waals surface area contributed by atoms with Crippen LogP contribution in [-0.2, 0) is 42.4 Å². The maximum atomic E-state index is 13.8. The third-order valence-corrected chi connectivity index (χ3v) is 21.0. The van der Waals surface area contributed by atoms with Crippen molar-refractivity contribution in [1.29, 1.82) is 0 Å². The third kappa shape index (κ3) is 8.72. The maximum Gasteiger partial charge on any atom is 0.191 e. The summed E-state index contributed by atoms with van der Waals surface area (Å²) in [6.45, 7) is 25.9. The molecule has 18 atom stereocenters. The highest BCUT2D eigenvalue weighted by atomic mass is 28.4. The van der Waals surface area contributed by atoms with Crippen LogP contribution in [0.15, 0.2) is 36.5 Å². The predicted molar refractivity (Wildman–Crippen MR) is 227 cm³/mol. The lowest BCUT2D eigenvalue weighted by Gasteiger charge is -2.42. The first-order valence-electron chi connectivity index (χ1n) is 23.7. The molecule has 58 heavy (non-hydrogen) atoms. The second kappa shape index (κ2) is 17.9. The summed E-state index contributed by atoms with van der Waals surface area (Å²) in [6, 6.07) is 3.47. The molecule has 11 bridgehead atoms. The van der Waals surface area contributed by atoms with Crippen molar-refractivity contribution in [3.05, 3.63) is 36.5 Å². The second-order valence-electron chi connectivity index (χ2n) is 20.1. The van der Waals surface area contributed by atoms with Gasteiger partial charge < -0.3 is 37.6 Å². The summed E-state index contributed by atoms with van der Waals surface area (Å²) in [7, 11) is -1.68. The fourth-order valence-electron chi connectivity index (χ4n) is 12.3. The van der Waals surface area contributed by atoms with E-state index in [1.165, 1.54) is 5.57 Å². The van der Waals surface area contributed by atoms with Crippen molar-refractivity contribution in [3.63, 3.8) is 0 Å². The smallest absolute Gasteiger partial charge is 0.191 e. The molecule has 9 aliphatic heterocycles. The summed E-state index contributed by atoms with van der Waals surface area (Å²) in [6.07, 6.45) is 13.4. The zero-order valence-corrected chi connectivity index (χ0v) is 37.9. The highest BCUT2D eigenvalue weighted by Gasteiger charge is 2.67. The number of carbonyl (C=O) groups excluding carboxylic acids is 1. The van der Waals surface area contributed by atoms with E-state index in [9.17, 15) is 4.79 Å². The van der Waals surface area contributed by atoms with Gasteiger partial charge in [-0.3, -0.25) is 4.79 Å². The number of fused-ring (bicyclic) bond motifs is 6. The van der Waals surface area contributed by atoms with E-state index in [0.717, 1.165) is 101 Å². The quantitative estimate of drug-likeness (QED) is 0.176. The van der Waals surface area contributed by atoms with Crippen LogP contribution in [0.4, 0.5) is 0 Å². The molecule has 0 aromatic rings. The molecule has 1 spiro atoms. The number of allylic oxidation sites excluding steroid dienone is 2. The summed E-state index contributed by atoms with van der Waals surface area (Å²) < 4.78 is 54.7. The minimum Gasteiger partial charge on any atom is -0.417 e. The van der Waals surface area contributed by atoms with Crippen molar-refractivity contribution >= 4 is 14.1 Å². The van der Waals surface area contributed by atoms with E-state index in [1.807, 2.05) is 6.08 Å². The van der Waals surface area contributed by atoms with Gasteiger partial charge in [0.25, 0.3) is 0 Å². The van der Waals surface area contributed by atoms with E-state index in [4.69, 9.17) is 37.6 Å². The van der Waals surface area contributed by atoms with Crippen molar-refractivity contribution < 1.29 is 42.4 Å². The molecule has 9 rings (SSSR count). The Balaban J connectivity index is 0.998. The SMILES string of the molecule is C=C1CC2CC[C@@]34C[C@H]5O[C@@H]6[C@@H](O[C@@H](CC/C=C/C(=O)C[C@H]7C(C[C@H]8OC(CC[C@@H]1O2)C[C@@H](C)C8=C)O[C@H](C[C@H](C)CO[Si](CC)(CC)CC)[C@@H]7C)C(C)[C@@H]6O3)[C@H]5O4. The van der Waals surface area contributed by atoms with Crippen LogP contribution >= 0.6 is 0 Å². The van der Waals surface area contributed by atoms with Gasteiger partial charge in [0.2, 0.25) is 0 Å². The van der Waals surface area contributed by atoms with Crippen LogP contribution in [-0.4, -0.2) is 99.7 Å². The zero-order valence-electron chi connectivity index (χ0n) is 36.9. The highest BCUT2D eigenvalue weighted by Crippen LogP contribution is 2.54. The Bertz CT molecular complexity index is 1500. The third-order valence-electron chi connectivity index (χ3n) is 16.4. The molecule has 9 aliphatic rings. The van der Waals surface area contributed by atoms with Gasteiger partial charge in [-0.1, -0.05) is 67.7 Å². The largest absolute Gasteiger partial charge is 0.417 e. The van der Waals surface area contributed by atoms with Gasteiger partial charge in [0.15, 0.2) is 19.9 Å². The van der Waals surface area contributed by atoms with E-state index in [1.54, 1.807) is 0 Å². The van der Waals surface area contributed by atoms with Crippen molar-refractivity contribution in [1.82, 2.24) is 0 Å². The van der Waals surface area contributed by atoms with Crippen molar-refractivity contribution in [2.24, 2.45) is 29.6 Å². The summed E-state index contributed by atoms with van der Waals surface area (Å²) in [5.74, 6) is 0.722. The molecule has 0 aromatic carbocycles. The first kappa shape index (κ1) is 43.4. The summed E-state index contributed by atoms with van der Waals surface area (Å²) in [5.41, 5.74) is 2.34. The average molecular weight is 825 g/mol. The molecular weight excluding hydrogens is 749 g/mol. The van der Waals surface area contributed by atoms with E-state index < -0.39 is 14.1 Å². The lowest BCUT2D eigenvalue weighted by atomic mass is 9.79. The average Bonchev–Trinajstić information content (AvgIpc) is 3.87. The van der Waals surface area contributed by atoms with Crippen LogP contribution in [0.1, 0.15) is 126 Å². The predicted octanol–water partition coefficient (Wildman–Crippen LogP) is 9.43. The molecule has 326 valence electrons. The number of carbonyl (C=O) groups is 1. The van der Waals surface area contributed by atoms with E-state index >= 15 is 0 Å². The Hall–Kier alpha value is -1.21. The Labute approximate surface area is 350 Å². The van der Waals surface area contributed by atoms with Gasteiger partial charge in [0, 0.05) is 38.2 Å². The van der Waals surface area contributed by atoms with Gasteiger partial charge >= 0.3 is 0 Å².